The molecule has 0 unspecified atom stereocenters. The quantitative estimate of drug-likeness (QED) is 0.752. The molecule has 0 aliphatic rings. The molecule has 25 heavy (non-hydrogen) atoms. The fraction of sp³-hybridized carbons (Fsp3) is 0.316. The molecule has 2 aromatic rings. The van der Waals surface area contributed by atoms with Crippen molar-refractivity contribution in [3.63, 3.8) is 0 Å². The van der Waals surface area contributed by atoms with Crippen molar-refractivity contribution in [1.29, 1.82) is 5.26 Å². The molecule has 0 radical (unpaired) electrons. The van der Waals surface area contributed by atoms with E-state index in [1.807, 2.05) is 33.8 Å². The molecule has 1 aromatic carbocycles. The maximum atomic E-state index is 12.2. The van der Waals surface area contributed by atoms with Crippen LogP contribution in [0.1, 0.15) is 34.4 Å². The number of hydrogen-bond acceptors (Lipinski definition) is 4. The minimum absolute atomic E-state index is 0.0862. The molecule has 0 aliphatic heterocycles. The molecule has 0 aliphatic carbocycles. The number of nitriles is 1. The molecule has 1 amide bonds. The monoisotopic (exact) mass is 373 g/mol. The molecule has 0 spiro atoms. The Morgan fingerprint density at radius 1 is 1.24 bits per heavy atom. The molecular weight excluding hydrogens is 354 g/mol. The van der Waals surface area contributed by atoms with Gasteiger partial charge in [0.25, 0.3) is 0 Å². The van der Waals surface area contributed by atoms with Crippen LogP contribution in [0.5, 0.6) is 0 Å². The van der Waals surface area contributed by atoms with Gasteiger partial charge < -0.3 is 5.32 Å². The summed E-state index contributed by atoms with van der Waals surface area (Å²) in [7, 11) is 0. The first kappa shape index (κ1) is 19.3. The smallest absolute Gasteiger partial charge is 0.225 e. The fourth-order valence-electron chi connectivity index (χ4n) is 2.34. The lowest BCUT2D eigenvalue weighted by Gasteiger charge is -2.11. The van der Waals surface area contributed by atoms with Crippen LogP contribution < -0.4 is 5.32 Å². The summed E-state index contributed by atoms with van der Waals surface area (Å²) in [5.41, 5.74) is 5.08. The highest BCUT2D eigenvalue weighted by molar-refractivity contribution is 7.99. The summed E-state index contributed by atoms with van der Waals surface area (Å²) in [5, 5.41) is 13.6. The third kappa shape index (κ3) is 4.53. The van der Waals surface area contributed by atoms with E-state index in [1.165, 1.54) is 11.8 Å². The van der Waals surface area contributed by atoms with Crippen LogP contribution in [0.3, 0.4) is 0 Å². The number of nitrogens with one attached hydrogen (secondary N) is 1. The number of carbonyl (C=O) groups excluding carboxylic acids is 1. The highest BCUT2D eigenvalue weighted by Crippen LogP contribution is 2.27. The first-order valence-electron chi connectivity index (χ1n) is 7.90. The number of rotatable bonds is 5. The zero-order valence-electron chi connectivity index (χ0n) is 14.7. The van der Waals surface area contributed by atoms with Gasteiger partial charge in [0.05, 0.1) is 5.56 Å². The molecule has 4 nitrogen and oxygen atoms in total. The Morgan fingerprint density at radius 3 is 2.64 bits per heavy atom. The average Bonchev–Trinajstić information content (AvgIpc) is 2.57. The highest BCUT2D eigenvalue weighted by atomic mass is 35.5. The molecule has 2 rings (SSSR count). The van der Waals surface area contributed by atoms with E-state index in [-0.39, 0.29) is 5.91 Å². The second-order valence-corrected chi connectivity index (χ2v) is 7.29. The summed E-state index contributed by atoms with van der Waals surface area (Å²) in [5.74, 6) is 0.464. The van der Waals surface area contributed by atoms with Crippen molar-refractivity contribution in [2.45, 2.75) is 39.1 Å². The van der Waals surface area contributed by atoms with Crippen molar-refractivity contribution in [2.75, 3.05) is 11.1 Å². The van der Waals surface area contributed by atoms with Crippen molar-refractivity contribution >= 4 is 35.0 Å². The van der Waals surface area contributed by atoms with Crippen molar-refractivity contribution in [1.82, 2.24) is 4.98 Å². The first-order chi connectivity index (χ1) is 11.8. The molecule has 0 atom stereocenters. The van der Waals surface area contributed by atoms with E-state index in [4.69, 9.17) is 11.6 Å². The lowest BCUT2D eigenvalue weighted by atomic mass is 10.1. The summed E-state index contributed by atoms with van der Waals surface area (Å²) >= 11 is 7.50. The summed E-state index contributed by atoms with van der Waals surface area (Å²) in [4.78, 5) is 16.7. The number of halogens is 1. The predicted molar refractivity (Wildman–Crippen MR) is 103 cm³/mol. The number of aryl methyl sites for hydroxylation is 1. The van der Waals surface area contributed by atoms with Gasteiger partial charge in [-0.1, -0.05) is 17.7 Å². The Labute approximate surface area is 157 Å². The van der Waals surface area contributed by atoms with Gasteiger partial charge in [0.15, 0.2) is 0 Å². The molecule has 0 bridgehead atoms. The Hall–Kier alpha value is -2.03. The SMILES string of the molecule is Cc1nc(SCCC(=O)Nc2cccc(Cl)c2C)c(C#N)c(C)c1C. The zero-order valence-corrected chi connectivity index (χ0v) is 16.3. The molecule has 130 valence electrons. The normalized spacial score (nSPS) is 10.4. The van der Waals surface area contributed by atoms with Gasteiger partial charge in [-0.2, -0.15) is 5.26 Å². The third-order valence-electron chi connectivity index (χ3n) is 4.18. The number of benzene rings is 1. The van der Waals surface area contributed by atoms with Crippen molar-refractivity contribution in [2.24, 2.45) is 0 Å². The van der Waals surface area contributed by atoms with Crippen LogP contribution in [0.25, 0.3) is 0 Å². The molecule has 0 saturated heterocycles. The largest absolute Gasteiger partial charge is 0.326 e. The van der Waals surface area contributed by atoms with Gasteiger partial charge in [-0.05, 0) is 56.5 Å². The van der Waals surface area contributed by atoms with E-state index in [9.17, 15) is 10.1 Å². The average molecular weight is 374 g/mol. The second kappa shape index (κ2) is 8.37. The predicted octanol–water partition coefficient (Wildman–Crippen LogP) is 4.96. The molecule has 0 saturated carbocycles. The number of anilines is 1. The van der Waals surface area contributed by atoms with E-state index in [2.05, 4.69) is 16.4 Å². The van der Waals surface area contributed by atoms with Crippen LogP contribution in [0.2, 0.25) is 5.02 Å². The number of aromatic nitrogens is 1. The van der Waals surface area contributed by atoms with Crippen molar-refractivity contribution < 1.29 is 4.79 Å². The molecule has 1 N–H and O–H groups in total. The minimum Gasteiger partial charge on any atom is -0.326 e. The molecule has 1 heterocycles. The Kier molecular flexibility index (Phi) is 6.46. The van der Waals surface area contributed by atoms with Crippen LogP contribution in [0, 0.1) is 39.0 Å². The number of carbonyl (C=O) groups is 1. The maximum absolute atomic E-state index is 12.2. The summed E-state index contributed by atoms with van der Waals surface area (Å²) < 4.78 is 0. The highest BCUT2D eigenvalue weighted by Gasteiger charge is 2.13. The lowest BCUT2D eigenvalue weighted by Crippen LogP contribution is -2.13. The van der Waals surface area contributed by atoms with Crippen LogP contribution >= 0.6 is 23.4 Å². The summed E-state index contributed by atoms with van der Waals surface area (Å²) in [6.07, 6.45) is 0.329. The molecule has 0 fully saturated rings. The summed E-state index contributed by atoms with van der Waals surface area (Å²) in [6, 6.07) is 7.65. The van der Waals surface area contributed by atoms with Gasteiger partial charge in [-0.3, -0.25) is 4.79 Å². The number of thioether (sulfide) groups is 1. The Balaban J connectivity index is 2.00. The fourth-order valence-corrected chi connectivity index (χ4v) is 3.54. The molecular formula is C19H20ClN3OS. The van der Waals surface area contributed by atoms with E-state index in [0.717, 1.165) is 28.1 Å². The van der Waals surface area contributed by atoms with Crippen molar-refractivity contribution in [3.05, 3.63) is 51.2 Å². The van der Waals surface area contributed by atoms with Gasteiger partial charge in [0.2, 0.25) is 5.91 Å². The minimum atomic E-state index is -0.0862. The van der Waals surface area contributed by atoms with Crippen LogP contribution in [-0.4, -0.2) is 16.6 Å². The first-order valence-corrected chi connectivity index (χ1v) is 9.27. The lowest BCUT2D eigenvalue weighted by molar-refractivity contribution is -0.115. The topological polar surface area (TPSA) is 65.8 Å². The Morgan fingerprint density at radius 2 is 1.96 bits per heavy atom. The maximum Gasteiger partial charge on any atom is 0.225 e. The van der Waals surface area contributed by atoms with Gasteiger partial charge in [0, 0.05) is 28.6 Å². The van der Waals surface area contributed by atoms with Gasteiger partial charge in [-0.15, -0.1) is 11.8 Å². The summed E-state index contributed by atoms with van der Waals surface area (Å²) in [6.45, 7) is 7.70. The van der Waals surface area contributed by atoms with E-state index >= 15 is 0 Å². The molecule has 1 aromatic heterocycles. The van der Waals surface area contributed by atoms with E-state index in [0.29, 0.717) is 27.8 Å². The van der Waals surface area contributed by atoms with Crippen LogP contribution in [-0.2, 0) is 4.79 Å². The number of hydrogen-bond donors (Lipinski definition) is 1. The number of amides is 1. The zero-order chi connectivity index (χ0) is 18.6. The Bertz CT molecular complexity index is 859. The number of pyridine rings is 1. The van der Waals surface area contributed by atoms with E-state index in [1.54, 1.807) is 12.1 Å². The van der Waals surface area contributed by atoms with Crippen molar-refractivity contribution in [3.8, 4) is 6.07 Å². The van der Waals surface area contributed by atoms with Gasteiger partial charge in [-0.25, -0.2) is 4.98 Å². The number of nitrogens with zero attached hydrogens (tertiary/aromatic N) is 2. The van der Waals surface area contributed by atoms with Gasteiger partial charge in [0.1, 0.15) is 11.1 Å². The molecule has 6 heteroatoms. The standard InChI is InChI=1S/C19H20ClN3OS/c1-11-12(2)15(10-21)19(22-14(11)4)25-9-8-18(24)23-17-7-5-6-16(20)13(17)3/h5-7H,8-9H2,1-4H3,(H,23,24). The van der Waals surface area contributed by atoms with E-state index < -0.39 is 0 Å². The third-order valence-corrected chi connectivity index (χ3v) is 5.57. The van der Waals surface area contributed by atoms with Gasteiger partial charge >= 0.3 is 0 Å². The van der Waals surface area contributed by atoms with Crippen LogP contribution in [0.15, 0.2) is 23.2 Å². The second-order valence-electron chi connectivity index (χ2n) is 5.80. The van der Waals surface area contributed by atoms with Crippen LogP contribution in [0.4, 0.5) is 5.69 Å².